The molecule has 1 saturated carbocycles. The molecule has 4 nitrogen and oxygen atoms in total. The molecule has 15 heavy (non-hydrogen) atoms. The molecule has 1 heterocycles. The molecule has 0 spiro atoms. The van der Waals surface area contributed by atoms with Gasteiger partial charge in [0.05, 0.1) is 0 Å². The molecule has 0 unspecified atom stereocenters. The molecule has 1 aromatic rings. The smallest absolute Gasteiger partial charge is 0.270 e. The maximum Gasteiger partial charge on any atom is 0.270 e. The molecule has 0 radical (unpaired) electrons. The van der Waals surface area contributed by atoms with Crippen molar-refractivity contribution in [3.63, 3.8) is 0 Å². The van der Waals surface area contributed by atoms with E-state index in [-0.39, 0.29) is 11.3 Å². The quantitative estimate of drug-likeness (QED) is 0.768. The van der Waals surface area contributed by atoms with Crippen LogP contribution in [0.15, 0.2) is 18.3 Å². The Hall–Kier alpha value is -1.29. The first-order chi connectivity index (χ1) is 7.17. The van der Waals surface area contributed by atoms with Gasteiger partial charge in [-0.3, -0.25) is 4.79 Å². The van der Waals surface area contributed by atoms with Crippen LogP contribution in [-0.2, 0) is 0 Å². The number of nitrogens with two attached hydrogens (primary N) is 1. The van der Waals surface area contributed by atoms with Crippen LogP contribution in [0.25, 0.3) is 0 Å². The fourth-order valence-electron chi connectivity index (χ4n) is 1.85. The van der Waals surface area contributed by atoms with Gasteiger partial charge in [-0.25, -0.2) is 0 Å². The van der Waals surface area contributed by atoms with Gasteiger partial charge in [0.2, 0.25) is 0 Å². The van der Waals surface area contributed by atoms with E-state index < -0.39 is 0 Å². The molecule has 1 aliphatic carbocycles. The number of carbonyl (C=O) groups is 1. The number of hydrogen-bond acceptors (Lipinski definition) is 2. The van der Waals surface area contributed by atoms with E-state index in [1.54, 1.807) is 17.2 Å². The first kappa shape index (κ1) is 10.2. The molecule has 0 aromatic carbocycles. The Bertz CT molecular complexity index is 341. The van der Waals surface area contributed by atoms with E-state index in [0.717, 1.165) is 19.4 Å². The maximum atomic E-state index is 11.9. The van der Waals surface area contributed by atoms with Crippen molar-refractivity contribution < 1.29 is 4.79 Å². The second kappa shape index (κ2) is 3.70. The minimum Gasteiger partial charge on any atom is -0.357 e. The Morgan fingerprint density at radius 3 is 2.87 bits per heavy atom. The number of aromatic amines is 1. The molecule has 0 bridgehead atoms. The van der Waals surface area contributed by atoms with Crippen LogP contribution >= 0.6 is 0 Å². The third-order valence-electron chi connectivity index (χ3n) is 3.14. The van der Waals surface area contributed by atoms with Gasteiger partial charge in [0.25, 0.3) is 5.91 Å². The van der Waals surface area contributed by atoms with Crippen molar-refractivity contribution >= 4 is 5.91 Å². The molecule has 0 saturated heterocycles. The molecule has 0 aliphatic heterocycles. The predicted molar refractivity (Wildman–Crippen MR) is 58.5 cm³/mol. The largest absolute Gasteiger partial charge is 0.357 e. The van der Waals surface area contributed by atoms with Crippen molar-refractivity contribution in [2.24, 2.45) is 11.1 Å². The maximum absolute atomic E-state index is 11.9. The number of amides is 1. The number of hydrogen-bond donors (Lipinski definition) is 2. The van der Waals surface area contributed by atoms with Crippen LogP contribution in [0, 0.1) is 5.41 Å². The van der Waals surface area contributed by atoms with E-state index in [1.165, 1.54) is 0 Å². The Labute approximate surface area is 89.5 Å². The van der Waals surface area contributed by atoms with E-state index in [9.17, 15) is 4.79 Å². The van der Waals surface area contributed by atoms with Crippen LogP contribution in [0.1, 0.15) is 23.3 Å². The molecular formula is C11H17N3O. The summed E-state index contributed by atoms with van der Waals surface area (Å²) >= 11 is 0. The predicted octanol–water partition coefficient (Wildman–Crippen LogP) is 0.826. The molecule has 1 aliphatic rings. The molecule has 0 atom stereocenters. The third-order valence-corrected chi connectivity index (χ3v) is 3.14. The average Bonchev–Trinajstić information content (AvgIpc) is 2.81. The first-order valence-corrected chi connectivity index (χ1v) is 5.26. The van der Waals surface area contributed by atoms with Crippen molar-refractivity contribution in [3.05, 3.63) is 24.0 Å². The van der Waals surface area contributed by atoms with Crippen LogP contribution < -0.4 is 5.73 Å². The first-order valence-electron chi connectivity index (χ1n) is 5.26. The SMILES string of the molecule is CN(CC1(CN)CC1)C(=O)c1ccc[nH]1. The summed E-state index contributed by atoms with van der Waals surface area (Å²) in [5.74, 6) is 0.0414. The molecule has 3 N–H and O–H groups in total. The minimum absolute atomic E-state index is 0.0414. The third kappa shape index (κ3) is 2.04. The van der Waals surface area contributed by atoms with Gasteiger partial charge in [0.1, 0.15) is 5.69 Å². The number of rotatable bonds is 4. The topological polar surface area (TPSA) is 62.1 Å². The Morgan fingerprint density at radius 1 is 1.67 bits per heavy atom. The summed E-state index contributed by atoms with van der Waals surface area (Å²) in [4.78, 5) is 16.6. The normalized spacial score (nSPS) is 17.5. The highest BCUT2D eigenvalue weighted by molar-refractivity contribution is 5.92. The molecule has 1 amide bonds. The Balaban J connectivity index is 1.97. The van der Waals surface area contributed by atoms with Crippen LogP contribution in [0.5, 0.6) is 0 Å². The van der Waals surface area contributed by atoms with E-state index >= 15 is 0 Å². The molecule has 2 rings (SSSR count). The second-order valence-electron chi connectivity index (χ2n) is 4.45. The Kier molecular flexibility index (Phi) is 2.52. The molecule has 82 valence electrons. The van der Waals surface area contributed by atoms with E-state index in [1.807, 2.05) is 13.1 Å². The Morgan fingerprint density at radius 2 is 2.40 bits per heavy atom. The number of nitrogens with one attached hydrogen (secondary N) is 1. The zero-order chi connectivity index (χ0) is 10.9. The lowest BCUT2D eigenvalue weighted by molar-refractivity contribution is 0.0761. The number of carbonyl (C=O) groups excluding carboxylic acids is 1. The summed E-state index contributed by atoms with van der Waals surface area (Å²) < 4.78 is 0. The molecule has 1 fully saturated rings. The second-order valence-corrected chi connectivity index (χ2v) is 4.45. The summed E-state index contributed by atoms with van der Waals surface area (Å²) in [7, 11) is 1.83. The summed E-state index contributed by atoms with van der Waals surface area (Å²) in [6.45, 7) is 1.44. The number of aromatic nitrogens is 1. The van der Waals surface area contributed by atoms with E-state index in [2.05, 4.69) is 4.98 Å². The standard InChI is InChI=1S/C11H17N3O/c1-14(8-11(7-12)4-5-11)10(15)9-3-2-6-13-9/h2-3,6,13H,4-5,7-8,12H2,1H3. The van der Waals surface area contributed by atoms with E-state index in [4.69, 9.17) is 5.73 Å². The van der Waals surface area contributed by atoms with Gasteiger partial charge in [-0.1, -0.05) is 0 Å². The summed E-state index contributed by atoms with van der Waals surface area (Å²) in [5, 5.41) is 0. The molecule has 4 heteroatoms. The zero-order valence-electron chi connectivity index (χ0n) is 8.99. The van der Waals surface area contributed by atoms with Crippen LogP contribution in [0.2, 0.25) is 0 Å². The highest BCUT2D eigenvalue weighted by Gasteiger charge is 2.42. The summed E-state index contributed by atoms with van der Waals surface area (Å²) in [6.07, 6.45) is 4.05. The lowest BCUT2D eigenvalue weighted by Gasteiger charge is -2.22. The van der Waals surface area contributed by atoms with Crippen LogP contribution in [-0.4, -0.2) is 35.9 Å². The molecular weight excluding hydrogens is 190 g/mol. The lowest BCUT2D eigenvalue weighted by Crippen LogP contribution is -2.35. The van der Waals surface area contributed by atoms with Gasteiger partial charge in [-0.2, -0.15) is 0 Å². The van der Waals surface area contributed by atoms with Gasteiger partial charge >= 0.3 is 0 Å². The van der Waals surface area contributed by atoms with Gasteiger partial charge in [0.15, 0.2) is 0 Å². The van der Waals surface area contributed by atoms with Crippen molar-refractivity contribution in [2.45, 2.75) is 12.8 Å². The minimum atomic E-state index is 0.0414. The fraction of sp³-hybridized carbons (Fsp3) is 0.545. The number of H-pyrrole nitrogens is 1. The zero-order valence-corrected chi connectivity index (χ0v) is 8.99. The van der Waals surface area contributed by atoms with E-state index in [0.29, 0.717) is 12.2 Å². The van der Waals surface area contributed by atoms with Crippen LogP contribution in [0.3, 0.4) is 0 Å². The van der Waals surface area contributed by atoms with Gasteiger partial charge in [-0.15, -0.1) is 0 Å². The van der Waals surface area contributed by atoms with Crippen molar-refractivity contribution in [2.75, 3.05) is 20.1 Å². The number of nitrogens with zero attached hydrogens (tertiary/aromatic N) is 1. The average molecular weight is 207 g/mol. The van der Waals surface area contributed by atoms with Crippen molar-refractivity contribution in [1.82, 2.24) is 9.88 Å². The summed E-state index contributed by atoms with van der Waals surface area (Å²) in [6, 6.07) is 3.62. The van der Waals surface area contributed by atoms with Gasteiger partial charge in [-0.05, 0) is 31.5 Å². The van der Waals surface area contributed by atoms with Crippen molar-refractivity contribution in [1.29, 1.82) is 0 Å². The fourth-order valence-corrected chi connectivity index (χ4v) is 1.85. The lowest BCUT2D eigenvalue weighted by atomic mass is 10.1. The van der Waals surface area contributed by atoms with Gasteiger partial charge in [0, 0.05) is 25.2 Å². The summed E-state index contributed by atoms with van der Waals surface area (Å²) in [5.41, 5.74) is 6.54. The van der Waals surface area contributed by atoms with Gasteiger partial charge < -0.3 is 15.6 Å². The van der Waals surface area contributed by atoms with Crippen molar-refractivity contribution in [3.8, 4) is 0 Å². The van der Waals surface area contributed by atoms with Crippen LogP contribution in [0.4, 0.5) is 0 Å². The highest BCUT2D eigenvalue weighted by atomic mass is 16.2. The molecule has 1 aromatic heterocycles. The monoisotopic (exact) mass is 207 g/mol. The highest BCUT2D eigenvalue weighted by Crippen LogP contribution is 2.44.